The van der Waals surface area contributed by atoms with Crippen LogP contribution in [0.2, 0.25) is 0 Å². The Morgan fingerprint density at radius 3 is 2.53 bits per heavy atom. The molecule has 0 spiro atoms. The molecule has 1 aromatic rings. The fourth-order valence-corrected chi connectivity index (χ4v) is 1.72. The van der Waals surface area contributed by atoms with E-state index in [1.807, 2.05) is 6.92 Å². The molecule has 1 aliphatic heterocycles. The third-order valence-corrected chi connectivity index (χ3v) is 3.23. The lowest BCUT2D eigenvalue weighted by molar-refractivity contribution is 0.0572. The SMILES string of the molecule is Cc1nc(N2C[C@@H](O)[C@H](O)C2)ncc1Br. The van der Waals surface area contributed by atoms with Crippen molar-refractivity contribution < 1.29 is 10.2 Å². The summed E-state index contributed by atoms with van der Waals surface area (Å²) < 4.78 is 0.853. The Morgan fingerprint density at radius 2 is 2.00 bits per heavy atom. The Morgan fingerprint density at radius 1 is 1.40 bits per heavy atom. The molecule has 0 saturated carbocycles. The molecule has 0 radical (unpaired) electrons. The molecular weight excluding hydrogens is 262 g/mol. The molecule has 1 fully saturated rings. The van der Waals surface area contributed by atoms with E-state index in [4.69, 9.17) is 0 Å². The topological polar surface area (TPSA) is 69.5 Å². The lowest BCUT2D eigenvalue weighted by Crippen LogP contribution is -2.23. The monoisotopic (exact) mass is 273 g/mol. The number of hydrogen-bond acceptors (Lipinski definition) is 5. The molecule has 1 aliphatic rings. The van der Waals surface area contributed by atoms with Crippen molar-refractivity contribution in [1.82, 2.24) is 9.97 Å². The van der Waals surface area contributed by atoms with Crippen LogP contribution in [0, 0.1) is 6.92 Å². The maximum Gasteiger partial charge on any atom is 0.225 e. The minimum Gasteiger partial charge on any atom is -0.388 e. The van der Waals surface area contributed by atoms with E-state index in [2.05, 4.69) is 25.9 Å². The number of β-amino-alcohol motifs (C(OH)–C–C–N with tert-alkyl or cyclic N) is 2. The van der Waals surface area contributed by atoms with Gasteiger partial charge >= 0.3 is 0 Å². The quantitative estimate of drug-likeness (QED) is 0.759. The first-order valence-electron chi connectivity index (χ1n) is 4.68. The summed E-state index contributed by atoms with van der Waals surface area (Å²) in [6.07, 6.45) is 0.254. The predicted molar refractivity (Wildman–Crippen MR) is 58.7 cm³/mol. The van der Waals surface area contributed by atoms with E-state index in [9.17, 15) is 10.2 Å². The minimum atomic E-state index is -0.711. The molecule has 0 amide bonds. The Balaban J connectivity index is 2.20. The third kappa shape index (κ3) is 2.11. The van der Waals surface area contributed by atoms with E-state index in [0.717, 1.165) is 10.2 Å². The van der Waals surface area contributed by atoms with Crippen LogP contribution in [-0.4, -0.2) is 45.5 Å². The summed E-state index contributed by atoms with van der Waals surface area (Å²) in [5.74, 6) is 0.548. The van der Waals surface area contributed by atoms with Crippen LogP contribution >= 0.6 is 15.9 Å². The van der Waals surface area contributed by atoms with E-state index in [1.165, 1.54) is 0 Å². The Kier molecular flexibility index (Phi) is 2.90. The average Bonchev–Trinajstić information content (AvgIpc) is 2.52. The molecule has 2 N–H and O–H groups in total. The molecule has 82 valence electrons. The van der Waals surface area contributed by atoms with Crippen LogP contribution in [0.5, 0.6) is 0 Å². The van der Waals surface area contributed by atoms with Gasteiger partial charge < -0.3 is 15.1 Å². The number of aliphatic hydroxyl groups is 2. The van der Waals surface area contributed by atoms with Gasteiger partial charge in [-0.2, -0.15) is 0 Å². The van der Waals surface area contributed by atoms with E-state index in [1.54, 1.807) is 11.1 Å². The predicted octanol–water partition coefficient (Wildman–Crippen LogP) is 0.0893. The van der Waals surface area contributed by atoms with Gasteiger partial charge in [-0.15, -0.1) is 0 Å². The van der Waals surface area contributed by atoms with Crippen molar-refractivity contribution in [3.63, 3.8) is 0 Å². The third-order valence-electron chi connectivity index (χ3n) is 2.45. The van der Waals surface area contributed by atoms with Gasteiger partial charge in [-0.1, -0.05) is 0 Å². The highest BCUT2D eigenvalue weighted by Crippen LogP contribution is 2.19. The highest BCUT2D eigenvalue weighted by Gasteiger charge is 2.31. The van der Waals surface area contributed by atoms with Crippen molar-refractivity contribution in [3.05, 3.63) is 16.4 Å². The number of rotatable bonds is 1. The van der Waals surface area contributed by atoms with Crippen molar-refractivity contribution >= 4 is 21.9 Å². The molecule has 0 bridgehead atoms. The zero-order valence-electron chi connectivity index (χ0n) is 8.26. The van der Waals surface area contributed by atoms with Gasteiger partial charge in [-0.25, -0.2) is 9.97 Å². The van der Waals surface area contributed by atoms with Crippen LogP contribution in [0.25, 0.3) is 0 Å². The molecule has 2 heterocycles. The van der Waals surface area contributed by atoms with Crippen LogP contribution in [-0.2, 0) is 0 Å². The zero-order valence-corrected chi connectivity index (χ0v) is 9.85. The summed E-state index contributed by atoms with van der Waals surface area (Å²) in [5, 5.41) is 18.8. The van der Waals surface area contributed by atoms with Gasteiger partial charge in [-0.3, -0.25) is 0 Å². The number of nitrogens with zero attached hydrogens (tertiary/aromatic N) is 3. The van der Waals surface area contributed by atoms with E-state index in [-0.39, 0.29) is 0 Å². The highest BCUT2D eigenvalue weighted by molar-refractivity contribution is 9.10. The number of aryl methyl sites for hydroxylation is 1. The van der Waals surface area contributed by atoms with Gasteiger partial charge in [0, 0.05) is 19.3 Å². The van der Waals surface area contributed by atoms with Crippen molar-refractivity contribution in [2.75, 3.05) is 18.0 Å². The first kappa shape index (κ1) is 10.8. The molecule has 0 aliphatic carbocycles. The van der Waals surface area contributed by atoms with E-state index in [0.29, 0.717) is 19.0 Å². The van der Waals surface area contributed by atoms with Crippen LogP contribution in [0.15, 0.2) is 10.7 Å². The van der Waals surface area contributed by atoms with Crippen LogP contribution in [0.1, 0.15) is 5.69 Å². The van der Waals surface area contributed by atoms with Crippen molar-refractivity contribution in [2.24, 2.45) is 0 Å². The van der Waals surface area contributed by atoms with Crippen molar-refractivity contribution in [3.8, 4) is 0 Å². The zero-order chi connectivity index (χ0) is 11.0. The average molecular weight is 274 g/mol. The molecule has 5 nitrogen and oxygen atoms in total. The number of anilines is 1. The lowest BCUT2D eigenvalue weighted by Gasteiger charge is -2.15. The Bertz CT molecular complexity index is 364. The smallest absolute Gasteiger partial charge is 0.225 e. The largest absolute Gasteiger partial charge is 0.388 e. The first-order valence-corrected chi connectivity index (χ1v) is 5.47. The maximum atomic E-state index is 9.40. The molecule has 2 atom stereocenters. The first-order chi connectivity index (χ1) is 7.08. The van der Waals surface area contributed by atoms with Gasteiger partial charge in [0.15, 0.2) is 0 Å². The van der Waals surface area contributed by atoms with Gasteiger partial charge in [0.25, 0.3) is 0 Å². The summed E-state index contributed by atoms with van der Waals surface area (Å²) in [6.45, 7) is 2.63. The molecule has 0 aromatic carbocycles. The fourth-order valence-electron chi connectivity index (χ4n) is 1.53. The van der Waals surface area contributed by atoms with E-state index >= 15 is 0 Å². The number of halogens is 1. The molecule has 1 saturated heterocycles. The van der Waals surface area contributed by atoms with Crippen LogP contribution < -0.4 is 4.90 Å². The lowest BCUT2D eigenvalue weighted by atomic mass is 10.3. The van der Waals surface area contributed by atoms with Gasteiger partial charge in [-0.05, 0) is 22.9 Å². The maximum absolute atomic E-state index is 9.40. The van der Waals surface area contributed by atoms with Crippen molar-refractivity contribution in [1.29, 1.82) is 0 Å². The van der Waals surface area contributed by atoms with E-state index < -0.39 is 12.2 Å². The van der Waals surface area contributed by atoms with Gasteiger partial charge in [0.2, 0.25) is 5.95 Å². The summed E-state index contributed by atoms with van der Waals surface area (Å²) in [4.78, 5) is 10.2. The molecule has 15 heavy (non-hydrogen) atoms. The highest BCUT2D eigenvalue weighted by atomic mass is 79.9. The standard InChI is InChI=1S/C9H12BrN3O2/c1-5-6(10)2-11-9(12-5)13-3-7(14)8(15)4-13/h2,7-8,14-15H,3-4H2,1H3/t7-,8-/m1/s1. The van der Waals surface area contributed by atoms with Gasteiger partial charge in [0.05, 0.1) is 22.4 Å². The second-order valence-corrected chi connectivity index (χ2v) is 4.50. The van der Waals surface area contributed by atoms with Gasteiger partial charge in [0.1, 0.15) is 0 Å². The van der Waals surface area contributed by atoms with Crippen molar-refractivity contribution in [2.45, 2.75) is 19.1 Å². The summed E-state index contributed by atoms with van der Waals surface area (Å²) >= 11 is 3.32. The van der Waals surface area contributed by atoms with Crippen LogP contribution in [0.3, 0.4) is 0 Å². The molecule has 0 unspecified atom stereocenters. The van der Waals surface area contributed by atoms with Crippen LogP contribution in [0.4, 0.5) is 5.95 Å². The summed E-state index contributed by atoms with van der Waals surface area (Å²) in [6, 6.07) is 0. The fraction of sp³-hybridized carbons (Fsp3) is 0.556. The minimum absolute atomic E-state index is 0.377. The number of hydrogen-bond donors (Lipinski definition) is 2. The second-order valence-electron chi connectivity index (χ2n) is 3.64. The second kappa shape index (κ2) is 4.03. The molecule has 2 rings (SSSR count). The summed E-state index contributed by atoms with van der Waals surface area (Å²) in [5.41, 5.74) is 0.843. The Hall–Kier alpha value is -0.720. The summed E-state index contributed by atoms with van der Waals surface area (Å²) in [7, 11) is 0. The number of aliphatic hydroxyl groups excluding tert-OH is 2. The molecule has 1 aromatic heterocycles. The Labute approximate surface area is 95.9 Å². The molecule has 6 heteroatoms. The molecular formula is C9H12BrN3O2. The normalized spacial score (nSPS) is 26.0. The number of aromatic nitrogens is 2.